The number of esters is 2. The van der Waals surface area contributed by atoms with Gasteiger partial charge in [0.1, 0.15) is 31.0 Å². The Labute approximate surface area is 144 Å². The van der Waals surface area contributed by atoms with Crippen molar-refractivity contribution in [3.05, 3.63) is 35.4 Å². The van der Waals surface area contributed by atoms with Gasteiger partial charge in [0.15, 0.2) is 6.10 Å². The number of hydrogen-bond donors (Lipinski definition) is 3. The Morgan fingerprint density at radius 2 is 1.88 bits per heavy atom. The maximum Gasteiger partial charge on any atom is 0.303 e. The Kier molecular flexibility index (Phi) is 6.49. The predicted molar refractivity (Wildman–Crippen MR) is 84.2 cm³/mol. The van der Waals surface area contributed by atoms with Gasteiger partial charge >= 0.3 is 11.9 Å². The molecule has 25 heavy (non-hydrogen) atoms. The number of carbonyl (C=O) groups excluding carboxylic acids is 2. The highest BCUT2D eigenvalue weighted by molar-refractivity contribution is 5.66. The van der Waals surface area contributed by atoms with Crippen LogP contribution in [0.2, 0.25) is 0 Å². The van der Waals surface area contributed by atoms with Crippen LogP contribution in [-0.2, 0) is 30.4 Å². The highest BCUT2D eigenvalue weighted by Gasteiger charge is 2.47. The van der Waals surface area contributed by atoms with E-state index in [-0.39, 0.29) is 13.2 Å². The third-order valence-electron chi connectivity index (χ3n) is 3.90. The average molecular weight is 354 g/mol. The Morgan fingerprint density at radius 3 is 2.48 bits per heavy atom. The largest absolute Gasteiger partial charge is 0.463 e. The summed E-state index contributed by atoms with van der Waals surface area (Å²) < 4.78 is 15.7. The summed E-state index contributed by atoms with van der Waals surface area (Å²) in [5.74, 6) is -1.21. The molecule has 1 aliphatic heterocycles. The summed E-state index contributed by atoms with van der Waals surface area (Å²) in [5.41, 5.74) is 1.15. The van der Waals surface area contributed by atoms with Crippen molar-refractivity contribution >= 4 is 11.9 Å². The highest BCUT2D eigenvalue weighted by Crippen LogP contribution is 2.34. The van der Waals surface area contributed by atoms with Crippen molar-refractivity contribution in [1.82, 2.24) is 0 Å². The molecule has 0 saturated carbocycles. The van der Waals surface area contributed by atoms with Gasteiger partial charge in [-0.2, -0.15) is 0 Å². The summed E-state index contributed by atoms with van der Waals surface area (Å²) in [6.45, 7) is 1.95. The van der Waals surface area contributed by atoms with Gasteiger partial charge in [-0.3, -0.25) is 9.59 Å². The fraction of sp³-hybridized carbons (Fsp3) is 0.529. The van der Waals surface area contributed by atoms with E-state index in [1.807, 2.05) is 0 Å². The lowest BCUT2D eigenvalue weighted by molar-refractivity contribution is -0.242. The fourth-order valence-corrected chi connectivity index (χ4v) is 2.75. The Balaban J connectivity index is 2.27. The molecule has 8 nitrogen and oxygen atoms in total. The first-order chi connectivity index (χ1) is 11.8. The Hall–Kier alpha value is -2.00. The minimum atomic E-state index is -1.43. The van der Waals surface area contributed by atoms with Gasteiger partial charge in [-0.15, -0.1) is 0 Å². The molecule has 1 fully saturated rings. The molecule has 1 aliphatic rings. The molecule has 0 spiro atoms. The van der Waals surface area contributed by atoms with Gasteiger partial charge in [0, 0.05) is 13.8 Å². The van der Waals surface area contributed by atoms with E-state index in [0.717, 1.165) is 0 Å². The molecular weight excluding hydrogens is 332 g/mol. The van der Waals surface area contributed by atoms with E-state index in [0.29, 0.717) is 11.1 Å². The molecule has 5 atom stereocenters. The molecule has 1 aromatic rings. The maximum absolute atomic E-state index is 11.3. The quantitative estimate of drug-likeness (QED) is 0.623. The number of aliphatic hydroxyl groups excluding tert-OH is 3. The molecule has 3 N–H and O–H groups in total. The minimum Gasteiger partial charge on any atom is -0.463 e. The Bertz CT molecular complexity index is 616. The van der Waals surface area contributed by atoms with E-state index >= 15 is 0 Å². The van der Waals surface area contributed by atoms with Gasteiger partial charge in [0.05, 0.1) is 6.61 Å². The van der Waals surface area contributed by atoms with Gasteiger partial charge < -0.3 is 29.5 Å². The first-order valence-electron chi connectivity index (χ1n) is 7.85. The van der Waals surface area contributed by atoms with E-state index in [1.165, 1.54) is 13.8 Å². The number of ether oxygens (including phenoxy) is 3. The topological polar surface area (TPSA) is 123 Å². The van der Waals surface area contributed by atoms with Crippen LogP contribution < -0.4 is 0 Å². The monoisotopic (exact) mass is 354 g/mol. The second kappa shape index (κ2) is 8.39. The number of rotatable bonds is 5. The van der Waals surface area contributed by atoms with E-state index in [1.54, 1.807) is 24.3 Å². The molecule has 138 valence electrons. The molecule has 5 unspecified atom stereocenters. The average Bonchev–Trinajstić information content (AvgIpc) is 2.58. The van der Waals surface area contributed by atoms with Crippen LogP contribution in [-0.4, -0.2) is 58.3 Å². The molecule has 2 rings (SSSR count). The zero-order valence-corrected chi connectivity index (χ0v) is 14.0. The van der Waals surface area contributed by atoms with Crippen molar-refractivity contribution in [2.45, 2.75) is 51.0 Å². The van der Waals surface area contributed by atoms with Crippen LogP contribution in [0.25, 0.3) is 0 Å². The van der Waals surface area contributed by atoms with E-state index in [9.17, 15) is 24.9 Å². The SMILES string of the molecule is CC(=O)OCC1OC(c2cccc(CO)c2)C(O)C(O)C1OC(C)=O. The molecule has 0 amide bonds. The van der Waals surface area contributed by atoms with Crippen LogP contribution >= 0.6 is 0 Å². The third kappa shape index (κ3) is 4.76. The first-order valence-corrected chi connectivity index (χ1v) is 7.85. The fourth-order valence-electron chi connectivity index (χ4n) is 2.75. The lowest BCUT2D eigenvalue weighted by atomic mass is 9.90. The Morgan fingerprint density at radius 1 is 1.16 bits per heavy atom. The van der Waals surface area contributed by atoms with Crippen molar-refractivity contribution in [2.75, 3.05) is 6.61 Å². The number of hydrogen-bond acceptors (Lipinski definition) is 8. The van der Waals surface area contributed by atoms with Crippen molar-refractivity contribution in [3.63, 3.8) is 0 Å². The third-order valence-corrected chi connectivity index (χ3v) is 3.90. The van der Waals surface area contributed by atoms with Crippen LogP contribution in [0, 0.1) is 0 Å². The van der Waals surface area contributed by atoms with Crippen LogP contribution in [0.1, 0.15) is 31.1 Å². The molecular formula is C17H22O8. The molecule has 1 heterocycles. The van der Waals surface area contributed by atoms with Crippen molar-refractivity contribution in [3.8, 4) is 0 Å². The molecule has 0 radical (unpaired) electrons. The molecule has 0 aliphatic carbocycles. The van der Waals surface area contributed by atoms with Gasteiger partial charge in [0.25, 0.3) is 0 Å². The maximum atomic E-state index is 11.3. The lowest BCUT2D eigenvalue weighted by Crippen LogP contribution is -2.57. The molecule has 0 bridgehead atoms. The van der Waals surface area contributed by atoms with Crippen LogP contribution in [0.4, 0.5) is 0 Å². The highest BCUT2D eigenvalue weighted by atomic mass is 16.6. The zero-order chi connectivity index (χ0) is 18.6. The number of aliphatic hydroxyl groups is 3. The van der Waals surface area contributed by atoms with Gasteiger partial charge in [0.2, 0.25) is 0 Å². The summed E-state index contributed by atoms with van der Waals surface area (Å²) in [7, 11) is 0. The lowest BCUT2D eigenvalue weighted by Gasteiger charge is -2.42. The molecule has 0 aromatic heterocycles. The first kappa shape index (κ1) is 19.3. The smallest absolute Gasteiger partial charge is 0.303 e. The summed E-state index contributed by atoms with van der Waals surface area (Å²) in [5, 5.41) is 30.0. The van der Waals surface area contributed by atoms with E-state index < -0.39 is 42.5 Å². The van der Waals surface area contributed by atoms with Crippen molar-refractivity contribution in [2.24, 2.45) is 0 Å². The van der Waals surface area contributed by atoms with Gasteiger partial charge in [-0.05, 0) is 11.1 Å². The summed E-state index contributed by atoms with van der Waals surface area (Å²) in [6.07, 6.45) is -5.86. The van der Waals surface area contributed by atoms with Gasteiger partial charge in [-0.25, -0.2) is 0 Å². The summed E-state index contributed by atoms with van der Waals surface area (Å²) in [6, 6.07) is 6.69. The van der Waals surface area contributed by atoms with Crippen molar-refractivity contribution < 1.29 is 39.1 Å². The predicted octanol–water partition coefficient (Wildman–Crippen LogP) is -0.165. The summed E-state index contributed by atoms with van der Waals surface area (Å²) >= 11 is 0. The second-order valence-electron chi connectivity index (χ2n) is 5.86. The summed E-state index contributed by atoms with van der Waals surface area (Å²) in [4.78, 5) is 22.3. The molecule has 1 aromatic carbocycles. The van der Waals surface area contributed by atoms with Crippen LogP contribution in [0.5, 0.6) is 0 Å². The number of benzene rings is 1. The zero-order valence-electron chi connectivity index (χ0n) is 14.0. The normalized spacial score (nSPS) is 29.1. The second-order valence-corrected chi connectivity index (χ2v) is 5.86. The number of carbonyl (C=O) groups is 2. The molecule has 1 saturated heterocycles. The molecule has 8 heteroatoms. The van der Waals surface area contributed by atoms with Gasteiger partial charge in [-0.1, -0.05) is 24.3 Å². The standard InChI is InChI=1S/C17H22O8/c1-9(19)23-8-13-17(24-10(2)20)15(22)14(21)16(25-13)12-5-3-4-11(6-12)7-18/h3-6,13-18,21-22H,7-8H2,1-2H3. The van der Waals surface area contributed by atoms with E-state index in [2.05, 4.69) is 0 Å². The van der Waals surface area contributed by atoms with Crippen LogP contribution in [0.3, 0.4) is 0 Å². The minimum absolute atomic E-state index is 0.188. The van der Waals surface area contributed by atoms with Crippen LogP contribution in [0.15, 0.2) is 24.3 Å². The van der Waals surface area contributed by atoms with E-state index in [4.69, 9.17) is 14.2 Å². The van der Waals surface area contributed by atoms with Crippen molar-refractivity contribution in [1.29, 1.82) is 0 Å².